The first-order chi connectivity index (χ1) is 14.6. The fraction of sp³-hybridized carbons (Fsp3) is 0.238. The fourth-order valence-corrected chi connectivity index (χ4v) is 3.20. The number of hydrogen-bond donors (Lipinski definition) is 1. The molecule has 30 heavy (non-hydrogen) atoms. The smallest absolute Gasteiger partial charge is 0.374 e. The average molecular weight is 408 g/mol. The molecule has 0 radical (unpaired) electrons. The summed E-state index contributed by atoms with van der Waals surface area (Å²) < 4.78 is 12.1. The van der Waals surface area contributed by atoms with Gasteiger partial charge in [-0.15, -0.1) is 0 Å². The maximum Gasteiger partial charge on any atom is 0.374 e. The lowest BCUT2D eigenvalue weighted by atomic mass is 10.2. The van der Waals surface area contributed by atoms with Gasteiger partial charge >= 0.3 is 5.97 Å². The molecule has 1 aliphatic heterocycles. The topological polar surface area (TPSA) is 107 Å². The zero-order chi connectivity index (χ0) is 20.9. The molecule has 9 nitrogen and oxygen atoms in total. The Balaban J connectivity index is 1.29. The molecule has 0 unspecified atom stereocenters. The van der Waals surface area contributed by atoms with Crippen molar-refractivity contribution in [3.8, 4) is 0 Å². The third-order valence-corrected chi connectivity index (χ3v) is 4.59. The number of nitrogens with zero attached hydrogens (tertiary/aromatic N) is 3. The molecule has 0 bridgehead atoms. The van der Waals surface area contributed by atoms with E-state index in [-0.39, 0.29) is 11.7 Å². The highest BCUT2D eigenvalue weighted by atomic mass is 16.5. The van der Waals surface area contributed by atoms with Gasteiger partial charge in [0.2, 0.25) is 11.7 Å². The lowest BCUT2D eigenvalue weighted by molar-refractivity contribution is -0.119. The second-order valence-electron chi connectivity index (χ2n) is 6.79. The Morgan fingerprint density at radius 2 is 2.10 bits per heavy atom. The number of amides is 2. The molecule has 1 aliphatic rings. The van der Waals surface area contributed by atoms with Crippen LogP contribution in [-0.4, -0.2) is 40.7 Å². The van der Waals surface area contributed by atoms with Crippen molar-refractivity contribution in [2.75, 3.05) is 23.4 Å². The number of carbonyl (C=O) groups is 3. The Morgan fingerprint density at radius 3 is 2.87 bits per heavy atom. The van der Waals surface area contributed by atoms with Crippen molar-refractivity contribution in [1.82, 2.24) is 9.78 Å². The van der Waals surface area contributed by atoms with Crippen LogP contribution in [0, 0.1) is 0 Å². The Bertz CT molecular complexity index is 1060. The van der Waals surface area contributed by atoms with Crippen LogP contribution >= 0.6 is 0 Å². The monoisotopic (exact) mass is 408 g/mol. The van der Waals surface area contributed by atoms with Gasteiger partial charge < -0.3 is 19.4 Å². The Labute approximate surface area is 172 Å². The minimum Gasteiger partial charge on any atom is -0.452 e. The van der Waals surface area contributed by atoms with E-state index in [0.717, 1.165) is 12.1 Å². The van der Waals surface area contributed by atoms with Crippen LogP contribution in [0.25, 0.3) is 0 Å². The van der Waals surface area contributed by atoms with Gasteiger partial charge in [0.1, 0.15) is 5.76 Å². The summed E-state index contributed by atoms with van der Waals surface area (Å²) in [6, 6.07) is 11.9. The number of furan rings is 1. The van der Waals surface area contributed by atoms with Crippen molar-refractivity contribution in [2.45, 2.75) is 19.4 Å². The van der Waals surface area contributed by atoms with Gasteiger partial charge in [-0.05, 0) is 42.8 Å². The molecule has 1 N–H and O–H groups in total. The summed E-state index contributed by atoms with van der Waals surface area (Å²) in [5.41, 5.74) is 1.25. The maximum atomic E-state index is 12.2. The van der Waals surface area contributed by atoms with Crippen molar-refractivity contribution in [2.24, 2.45) is 0 Å². The normalized spacial score (nSPS) is 13.5. The molecule has 154 valence electrons. The second-order valence-corrected chi connectivity index (χ2v) is 6.79. The molecule has 4 rings (SSSR count). The van der Waals surface area contributed by atoms with Gasteiger partial charge in [-0.3, -0.25) is 14.3 Å². The molecule has 3 aromatic rings. The number of hydrogen-bond acceptors (Lipinski definition) is 6. The molecule has 0 atom stereocenters. The first-order valence-corrected chi connectivity index (χ1v) is 9.52. The van der Waals surface area contributed by atoms with E-state index in [4.69, 9.17) is 9.15 Å². The number of aromatic nitrogens is 2. The molecular formula is C21H20N4O5. The van der Waals surface area contributed by atoms with E-state index in [1.165, 1.54) is 6.07 Å². The van der Waals surface area contributed by atoms with Crippen molar-refractivity contribution >= 4 is 29.2 Å². The van der Waals surface area contributed by atoms with Gasteiger partial charge in [0.05, 0.1) is 6.54 Å². The van der Waals surface area contributed by atoms with E-state index in [2.05, 4.69) is 10.4 Å². The summed E-state index contributed by atoms with van der Waals surface area (Å²) in [7, 11) is 0. The third-order valence-electron chi connectivity index (χ3n) is 4.59. The first-order valence-electron chi connectivity index (χ1n) is 9.52. The Hall–Kier alpha value is -3.88. The van der Waals surface area contributed by atoms with Crippen LogP contribution in [0.3, 0.4) is 0 Å². The lowest BCUT2D eigenvalue weighted by Gasteiger charge is -2.16. The summed E-state index contributed by atoms with van der Waals surface area (Å²) >= 11 is 0. The molecule has 1 fully saturated rings. The first kappa shape index (κ1) is 19.4. The average Bonchev–Trinajstić information content (AvgIpc) is 3.49. The van der Waals surface area contributed by atoms with E-state index in [0.29, 0.717) is 31.0 Å². The maximum absolute atomic E-state index is 12.2. The Kier molecular flexibility index (Phi) is 5.60. The molecule has 0 saturated carbocycles. The van der Waals surface area contributed by atoms with Gasteiger partial charge in [0.25, 0.3) is 5.91 Å². The van der Waals surface area contributed by atoms with E-state index >= 15 is 0 Å². The zero-order valence-electron chi connectivity index (χ0n) is 16.1. The van der Waals surface area contributed by atoms with Gasteiger partial charge in [-0.2, -0.15) is 5.10 Å². The third kappa shape index (κ3) is 4.57. The molecule has 0 aliphatic carbocycles. The highest BCUT2D eigenvalue weighted by molar-refractivity contribution is 5.98. The van der Waals surface area contributed by atoms with Gasteiger partial charge in [-0.1, -0.05) is 6.07 Å². The quantitative estimate of drug-likeness (QED) is 0.602. The van der Waals surface area contributed by atoms with Crippen molar-refractivity contribution in [1.29, 1.82) is 0 Å². The summed E-state index contributed by atoms with van der Waals surface area (Å²) in [5, 5.41) is 6.73. The summed E-state index contributed by atoms with van der Waals surface area (Å²) in [6.45, 7) is 0.594. The number of esters is 1. The van der Waals surface area contributed by atoms with Crippen molar-refractivity contribution < 1.29 is 23.5 Å². The highest BCUT2D eigenvalue weighted by Crippen LogP contribution is 2.24. The molecular weight excluding hydrogens is 388 g/mol. The number of carbonyl (C=O) groups excluding carboxylic acids is 3. The minimum absolute atomic E-state index is 0.0134. The van der Waals surface area contributed by atoms with E-state index in [1.54, 1.807) is 52.3 Å². The van der Waals surface area contributed by atoms with Crippen LogP contribution < -0.4 is 10.2 Å². The van der Waals surface area contributed by atoms with Crippen molar-refractivity contribution in [3.05, 3.63) is 66.4 Å². The van der Waals surface area contributed by atoms with Crippen LogP contribution in [0.1, 0.15) is 29.2 Å². The predicted octanol–water partition coefficient (Wildman–Crippen LogP) is 2.45. The van der Waals surface area contributed by atoms with Gasteiger partial charge in [0.15, 0.2) is 6.61 Å². The van der Waals surface area contributed by atoms with Crippen LogP contribution in [0.15, 0.2) is 59.3 Å². The number of benzene rings is 1. The van der Waals surface area contributed by atoms with Gasteiger partial charge in [0, 0.05) is 36.7 Å². The molecule has 1 aromatic carbocycles. The standard InChI is InChI=1S/C21H20N4O5/c26-19(23-15-4-1-5-16(12-15)25-11-2-6-20(25)27)14-29-21(28)18-8-7-17(30-18)13-24-10-3-9-22-24/h1,3-5,7-10,12H,2,6,11,13-14H2,(H,23,26). The predicted molar refractivity (Wildman–Crippen MR) is 107 cm³/mol. The molecule has 0 spiro atoms. The Morgan fingerprint density at radius 1 is 1.20 bits per heavy atom. The number of anilines is 2. The van der Waals surface area contributed by atoms with Crippen LogP contribution in [0.4, 0.5) is 11.4 Å². The lowest BCUT2D eigenvalue weighted by Crippen LogP contribution is -2.24. The number of nitrogens with one attached hydrogen (secondary N) is 1. The zero-order valence-corrected chi connectivity index (χ0v) is 16.1. The molecule has 2 aromatic heterocycles. The van der Waals surface area contributed by atoms with Crippen molar-refractivity contribution in [3.63, 3.8) is 0 Å². The molecule has 9 heteroatoms. The number of rotatable bonds is 7. The minimum atomic E-state index is -0.728. The number of ether oxygens (including phenoxy) is 1. The second kappa shape index (κ2) is 8.64. The summed E-state index contributed by atoms with van der Waals surface area (Å²) in [5.74, 6) is -0.592. The van der Waals surface area contributed by atoms with E-state index < -0.39 is 18.5 Å². The van der Waals surface area contributed by atoms with Crippen LogP contribution in [-0.2, 0) is 20.9 Å². The van der Waals surface area contributed by atoms with E-state index in [1.807, 2.05) is 6.07 Å². The molecule has 3 heterocycles. The molecule has 2 amide bonds. The summed E-state index contributed by atoms with van der Waals surface area (Å²) in [4.78, 5) is 37.8. The highest BCUT2D eigenvalue weighted by Gasteiger charge is 2.22. The van der Waals surface area contributed by atoms with Gasteiger partial charge in [-0.25, -0.2) is 4.79 Å². The SMILES string of the molecule is O=C(COC(=O)c1ccc(Cn2cccn2)o1)Nc1cccc(N2CCCC2=O)c1. The summed E-state index contributed by atoms with van der Waals surface area (Å²) in [6.07, 6.45) is 4.78. The molecule has 1 saturated heterocycles. The van der Waals surface area contributed by atoms with Crippen LogP contribution in [0.2, 0.25) is 0 Å². The van der Waals surface area contributed by atoms with E-state index in [9.17, 15) is 14.4 Å². The van der Waals surface area contributed by atoms with Crippen LogP contribution in [0.5, 0.6) is 0 Å². The largest absolute Gasteiger partial charge is 0.452 e. The fourth-order valence-electron chi connectivity index (χ4n) is 3.20.